The summed E-state index contributed by atoms with van der Waals surface area (Å²) in [4.78, 5) is 28.2. The quantitative estimate of drug-likeness (QED) is 0.433. The maximum atomic E-state index is 10.6. The van der Waals surface area contributed by atoms with Gasteiger partial charge in [-0.25, -0.2) is 9.59 Å². The van der Waals surface area contributed by atoms with Crippen molar-refractivity contribution in [2.75, 3.05) is 19.6 Å². The van der Waals surface area contributed by atoms with Crippen LogP contribution in [0.2, 0.25) is 0 Å². The topological polar surface area (TPSA) is 142 Å². The molecule has 1 heterocycles. The Morgan fingerprint density at radius 3 is 1.68 bits per heavy atom. The van der Waals surface area contributed by atoms with Crippen LogP contribution < -0.4 is 16.4 Å². The van der Waals surface area contributed by atoms with Crippen LogP contribution in [-0.2, 0) is 14.4 Å². The van der Waals surface area contributed by atoms with Crippen molar-refractivity contribution in [2.24, 2.45) is 5.73 Å². The van der Waals surface area contributed by atoms with Gasteiger partial charge < -0.3 is 26.6 Å². The Bertz CT molecular complexity index is 411. The van der Waals surface area contributed by atoms with Crippen LogP contribution in [0.4, 0.5) is 26.3 Å². The van der Waals surface area contributed by atoms with Crippen LogP contribution in [0.1, 0.15) is 12.8 Å². The SMILES string of the molecule is NC(=O)CN[C@H]1CCCNC1.O=C(O)C(F)(F)F.O=C(O)C(F)(F)F. The lowest BCUT2D eigenvalue weighted by atomic mass is 10.1. The molecule has 1 saturated heterocycles. The molecule has 1 rings (SSSR count). The van der Waals surface area contributed by atoms with Crippen LogP contribution >= 0.6 is 0 Å². The minimum Gasteiger partial charge on any atom is -0.475 e. The lowest BCUT2D eigenvalue weighted by Gasteiger charge is -2.23. The van der Waals surface area contributed by atoms with Gasteiger partial charge in [0.15, 0.2) is 0 Å². The second kappa shape index (κ2) is 11.5. The van der Waals surface area contributed by atoms with Crippen molar-refractivity contribution in [3.63, 3.8) is 0 Å². The van der Waals surface area contributed by atoms with Gasteiger partial charge in [0.25, 0.3) is 0 Å². The Hall–Kier alpha value is -2.09. The minimum atomic E-state index is -5.08. The molecule has 1 aliphatic heterocycles. The molecule has 148 valence electrons. The first-order chi connectivity index (χ1) is 11.2. The van der Waals surface area contributed by atoms with Gasteiger partial charge in [0.2, 0.25) is 5.91 Å². The Morgan fingerprint density at radius 1 is 1.04 bits per heavy atom. The molecule has 14 heteroatoms. The molecule has 0 saturated carbocycles. The number of carboxylic acids is 2. The fourth-order valence-electron chi connectivity index (χ4n) is 1.27. The molecule has 0 bridgehead atoms. The number of carboxylic acid groups (broad SMARTS) is 2. The van der Waals surface area contributed by atoms with Crippen molar-refractivity contribution in [3.05, 3.63) is 0 Å². The number of piperidine rings is 1. The Labute approximate surface area is 137 Å². The number of carbonyl (C=O) groups is 3. The Morgan fingerprint density at radius 2 is 1.44 bits per heavy atom. The summed E-state index contributed by atoms with van der Waals surface area (Å²) in [5, 5.41) is 20.6. The number of hydrogen-bond donors (Lipinski definition) is 5. The largest absolute Gasteiger partial charge is 0.490 e. The molecule has 6 N–H and O–H groups in total. The van der Waals surface area contributed by atoms with Crippen molar-refractivity contribution < 1.29 is 50.9 Å². The molecular formula is C11H17F6N3O5. The predicted octanol–water partition coefficient (Wildman–Crippen LogP) is 0.0799. The minimum absolute atomic E-state index is 0.282. The molecule has 25 heavy (non-hydrogen) atoms. The van der Waals surface area contributed by atoms with Crippen LogP contribution in [0.25, 0.3) is 0 Å². The van der Waals surface area contributed by atoms with Crippen LogP contribution in [-0.4, -0.2) is 66.1 Å². The summed E-state index contributed by atoms with van der Waals surface area (Å²) in [6.45, 7) is 2.34. The number of primary amides is 1. The molecule has 8 nitrogen and oxygen atoms in total. The number of nitrogens with two attached hydrogens (primary N) is 1. The van der Waals surface area contributed by atoms with E-state index in [0.29, 0.717) is 12.6 Å². The molecule has 0 radical (unpaired) electrons. The smallest absolute Gasteiger partial charge is 0.475 e. The van der Waals surface area contributed by atoms with E-state index in [4.69, 9.17) is 25.5 Å². The summed E-state index contributed by atoms with van der Waals surface area (Å²) in [5.74, 6) is -5.80. The highest BCUT2D eigenvalue weighted by molar-refractivity contribution is 5.75. The molecule has 0 aliphatic carbocycles. The van der Waals surface area contributed by atoms with E-state index in [-0.39, 0.29) is 5.91 Å². The highest BCUT2D eigenvalue weighted by atomic mass is 19.4. The Balaban J connectivity index is 0. The standard InChI is InChI=1S/C7H15N3O.2C2HF3O2/c8-7(11)5-10-6-2-1-3-9-4-6;2*3-2(4,5)1(6)7/h6,9-10H,1-5H2,(H2,8,11);2*(H,6,7)/t6-;;/m0../s1. The van der Waals surface area contributed by atoms with E-state index in [9.17, 15) is 31.1 Å². The number of alkyl halides is 6. The molecule has 1 aliphatic rings. The summed E-state index contributed by atoms with van der Waals surface area (Å²) in [5.41, 5.74) is 4.99. The van der Waals surface area contributed by atoms with Crippen LogP contribution in [0.5, 0.6) is 0 Å². The van der Waals surface area contributed by atoms with Gasteiger partial charge >= 0.3 is 24.3 Å². The summed E-state index contributed by atoms with van der Waals surface area (Å²) in [7, 11) is 0. The highest BCUT2D eigenvalue weighted by Crippen LogP contribution is 2.13. The molecule has 0 aromatic carbocycles. The maximum Gasteiger partial charge on any atom is 0.490 e. The first-order valence-electron chi connectivity index (χ1n) is 6.50. The lowest BCUT2D eigenvalue weighted by molar-refractivity contribution is -0.193. The zero-order chi connectivity index (χ0) is 20.3. The molecule has 1 amide bonds. The van der Waals surface area contributed by atoms with Gasteiger partial charge in [0, 0.05) is 12.6 Å². The summed E-state index contributed by atoms with van der Waals surface area (Å²) in [6.07, 6.45) is -7.85. The fraction of sp³-hybridized carbons (Fsp3) is 0.727. The zero-order valence-corrected chi connectivity index (χ0v) is 12.6. The van der Waals surface area contributed by atoms with Gasteiger partial charge in [-0.15, -0.1) is 0 Å². The Kier molecular flexibility index (Phi) is 11.5. The second-order valence-corrected chi connectivity index (χ2v) is 4.50. The number of nitrogens with one attached hydrogen (secondary N) is 2. The first kappa shape index (κ1) is 25.2. The van der Waals surface area contributed by atoms with Gasteiger partial charge in [-0.3, -0.25) is 4.79 Å². The maximum absolute atomic E-state index is 10.6. The van der Waals surface area contributed by atoms with Crippen molar-refractivity contribution >= 4 is 17.8 Å². The van der Waals surface area contributed by atoms with E-state index in [2.05, 4.69) is 10.6 Å². The van der Waals surface area contributed by atoms with Crippen LogP contribution in [0.3, 0.4) is 0 Å². The van der Waals surface area contributed by atoms with E-state index < -0.39 is 24.3 Å². The first-order valence-corrected chi connectivity index (χ1v) is 6.50. The zero-order valence-electron chi connectivity index (χ0n) is 12.6. The van der Waals surface area contributed by atoms with Gasteiger partial charge in [0.05, 0.1) is 6.54 Å². The van der Waals surface area contributed by atoms with Crippen LogP contribution in [0, 0.1) is 0 Å². The third-order valence-electron chi connectivity index (χ3n) is 2.35. The van der Waals surface area contributed by atoms with Gasteiger partial charge in [-0.1, -0.05) is 0 Å². The summed E-state index contributed by atoms with van der Waals surface area (Å²) >= 11 is 0. The van der Waals surface area contributed by atoms with Gasteiger partial charge in [-0.05, 0) is 19.4 Å². The normalized spacial score (nSPS) is 17.3. The van der Waals surface area contributed by atoms with E-state index in [1.54, 1.807) is 0 Å². The number of rotatable bonds is 3. The molecule has 0 aromatic heterocycles. The lowest BCUT2D eigenvalue weighted by Crippen LogP contribution is -2.45. The van der Waals surface area contributed by atoms with Crippen molar-refractivity contribution in [3.8, 4) is 0 Å². The van der Waals surface area contributed by atoms with Crippen molar-refractivity contribution in [1.29, 1.82) is 0 Å². The number of hydrogen-bond acceptors (Lipinski definition) is 5. The fourth-order valence-corrected chi connectivity index (χ4v) is 1.27. The second-order valence-electron chi connectivity index (χ2n) is 4.50. The third kappa shape index (κ3) is 16.5. The third-order valence-corrected chi connectivity index (χ3v) is 2.35. The molecular weight excluding hydrogens is 368 g/mol. The monoisotopic (exact) mass is 385 g/mol. The van der Waals surface area contributed by atoms with Gasteiger partial charge in [0.1, 0.15) is 0 Å². The van der Waals surface area contributed by atoms with E-state index >= 15 is 0 Å². The highest BCUT2D eigenvalue weighted by Gasteiger charge is 2.38. The van der Waals surface area contributed by atoms with E-state index in [0.717, 1.165) is 19.5 Å². The number of amides is 1. The van der Waals surface area contributed by atoms with E-state index in [1.807, 2.05) is 0 Å². The molecule has 0 unspecified atom stereocenters. The summed E-state index contributed by atoms with van der Waals surface area (Å²) in [6, 6.07) is 0.427. The number of carbonyl (C=O) groups excluding carboxylic acids is 1. The van der Waals surface area contributed by atoms with E-state index in [1.165, 1.54) is 6.42 Å². The number of aliphatic carboxylic acids is 2. The molecule has 1 fully saturated rings. The average Bonchev–Trinajstić information content (AvgIpc) is 2.45. The van der Waals surface area contributed by atoms with Crippen molar-refractivity contribution in [2.45, 2.75) is 31.2 Å². The average molecular weight is 385 g/mol. The molecule has 0 aromatic rings. The van der Waals surface area contributed by atoms with Gasteiger partial charge in [-0.2, -0.15) is 26.3 Å². The van der Waals surface area contributed by atoms with Crippen LogP contribution in [0.15, 0.2) is 0 Å². The summed E-state index contributed by atoms with van der Waals surface area (Å²) < 4.78 is 63.5. The molecule has 0 spiro atoms. The molecule has 1 atom stereocenters. The van der Waals surface area contributed by atoms with Crippen molar-refractivity contribution in [1.82, 2.24) is 10.6 Å². The number of halogens is 6. The predicted molar refractivity (Wildman–Crippen MR) is 70.5 cm³/mol.